The Morgan fingerprint density at radius 2 is 1.60 bits per heavy atom. The van der Waals surface area contributed by atoms with Crippen LogP contribution in [0.25, 0.3) is 22.2 Å². The molecule has 0 spiro atoms. The SMILES string of the molecule is CCN(CC)CCn1c(-c2ccccc2)c(C(C)=O)c2ccccc21. The highest BCUT2D eigenvalue weighted by Crippen LogP contribution is 2.34. The van der Waals surface area contributed by atoms with Crippen LogP contribution in [-0.2, 0) is 6.54 Å². The molecule has 25 heavy (non-hydrogen) atoms. The second-order valence-electron chi connectivity index (χ2n) is 6.34. The molecular formula is C22H26N2O. The Morgan fingerprint density at radius 1 is 0.960 bits per heavy atom. The minimum atomic E-state index is 0.122. The summed E-state index contributed by atoms with van der Waals surface area (Å²) >= 11 is 0. The largest absolute Gasteiger partial charge is 0.339 e. The lowest BCUT2D eigenvalue weighted by Gasteiger charge is -2.20. The van der Waals surface area contributed by atoms with Gasteiger partial charge in [0.2, 0.25) is 0 Å². The van der Waals surface area contributed by atoms with Gasteiger partial charge in [0.05, 0.1) is 11.3 Å². The molecule has 0 atom stereocenters. The summed E-state index contributed by atoms with van der Waals surface area (Å²) in [6.45, 7) is 9.98. The lowest BCUT2D eigenvalue weighted by Crippen LogP contribution is -2.27. The molecule has 130 valence electrons. The van der Waals surface area contributed by atoms with E-state index in [-0.39, 0.29) is 5.78 Å². The first-order valence-electron chi connectivity index (χ1n) is 9.07. The van der Waals surface area contributed by atoms with Crippen molar-refractivity contribution in [1.82, 2.24) is 9.47 Å². The molecule has 0 N–H and O–H groups in total. The van der Waals surface area contributed by atoms with Gasteiger partial charge in [0.1, 0.15) is 0 Å². The predicted octanol–water partition coefficient (Wildman–Crippen LogP) is 4.85. The third kappa shape index (κ3) is 3.38. The number of fused-ring (bicyclic) bond motifs is 1. The summed E-state index contributed by atoms with van der Waals surface area (Å²) in [6.07, 6.45) is 0. The number of rotatable bonds is 7. The molecule has 0 bridgehead atoms. The van der Waals surface area contributed by atoms with Gasteiger partial charge in [-0.15, -0.1) is 0 Å². The van der Waals surface area contributed by atoms with Crippen molar-refractivity contribution in [2.24, 2.45) is 0 Å². The van der Waals surface area contributed by atoms with E-state index in [1.165, 1.54) is 0 Å². The van der Waals surface area contributed by atoms with Crippen molar-refractivity contribution in [1.29, 1.82) is 0 Å². The Balaban J connectivity index is 2.21. The van der Waals surface area contributed by atoms with Crippen molar-refractivity contribution >= 4 is 16.7 Å². The van der Waals surface area contributed by atoms with Crippen LogP contribution in [-0.4, -0.2) is 34.9 Å². The van der Waals surface area contributed by atoms with Gasteiger partial charge in [-0.25, -0.2) is 0 Å². The van der Waals surface area contributed by atoms with Crippen LogP contribution in [0.1, 0.15) is 31.1 Å². The minimum absolute atomic E-state index is 0.122. The van der Waals surface area contributed by atoms with Gasteiger partial charge in [0.15, 0.2) is 5.78 Å². The number of carbonyl (C=O) groups is 1. The summed E-state index contributed by atoms with van der Waals surface area (Å²) in [6, 6.07) is 18.5. The van der Waals surface area contributed by atoms with Crippen LogP contribution in [0.3, 0.4) is 0 Å². The minimum Gasteiger partial charge on any atom is -0.339 e. The van der Waals surface area contributed by atoms with Crippen LogP contribution in [0.2, 0.25) is 0 Å². The normalized spacial score (nSPS) is 11.4. The zero-order chi connectivity index (χ0) is 17.8. The molecule has 0 aliphatic heterocycles. The molecule has 0 saturated heterocycles. The summed E-state index contributed by atoms with van der Waals surface area (Å²) < 4.78 is 2.32. The molecular weight excluding hydrogens is 308 g/mol. The molecule has 3 rings (SSSR count). The van der Waals surface area contributed by atoms with Crippen molar-refractivity contribution in [3.8, 4) is 11.3 Å². The fourth-order valence-corrected chi connectivity index (χ4v) is 3.57. The average molecular weight is 334 g/mol. The molecule has 1 aromatic heterocycles. The van der Waals surface area contributed by atoms with Crippen LogP contribution in [0.15, 0.2) is 54.6 Å². The van der Waals surface area contributed by atoms with E-state index in [1.54, 1.807) is 6.92 Å². The predicted molar refractivity (Wildman–Crippen MR) is 105 cm³/mol. The molecule has 0 radical (unpaired) electrons. The van der Waals surface area contributed by atoms with E-state index in [2.05, 4.69) is 53.6 Å². The topological polar surface area (TPSA) is 25.2 Å². The maximum absolute atomic E-state index is 12.5. The van der Waals surface area contributed by atoms with E-state index in [9.17, 15) is 4.79 Å². The smallest absolute Gasteiger partial charge is 0.162 e. The number of Topliss-reactive ketones (excluding diaryl/α,β-unsaturated/α-hetero) is 1. The standard InChI is InChI=1S/C22H26N2O/c1-4-23(5-2)15-16-24-20-14-10-9-13-19(20)21(17(3)25)22(24)18-11-7-6-8-12-18/h6-14H,4-5,15-16H2,1-3H3. The van der Waals surface area contributed by atoms with Crippen molar-refractivity contribution in [3.05, 3.63) is 60.2 Å². The summed E-state index contributed by atoms with van der Waals surface area (Å²) in [7, 11) is 0. The number of hydrogen-bond donors (Lipinski definition) is 0. The van der Waals surface area contributed by atoms with Gasteiger partial charge in [0.25, 0.3) is 0 Å². The third-order valence-corrected chi connectivity index (χ3v) is 4.90. The number of aromatic nitrogens is 1. The molecule has 0 fully saturated rings. The lowest BCUT2D eigenvalue weighted by atomic mass is 10.0. The Hall–Kier alpha value is -2.39. The molecule has 0 unspecified atom stereocenters. The highest BCUT2D eigenvalue weighted by atomic mass is 16.1. The van der Waals surface area contributed by atoms with E-state index in [0.717, 1.165) is 53.9 Å². The first kappa shape index (κ1) is 17.4. The van der Waals surface area contributed by atoms with E-state index < -0.39 is 0 Å². The Morgan fingerprint density at radius 3 is 2.24 bits per heavy atom. The zero-order valence-corrected chi connectivity index (χ0v) is 15.3. The van der Waals surface area contributed by atoms with E-state index in [0.29, 0.717) is 0 Å². The fraction of sp³-hybridized carbons (Fsp3) is 0.318. The maximum atomic E-state index is 12.5. The van der Waals surface area contributed by atoms with Crippen LogP contribution < -0.4 is 0 Å². The zero-order valence-electron chi connectivity index (χ0n) is 15.3. The molecule has 0 saturated carbocycles. The number of ketones is 1. The number of likely N-dealkylation sites (N-methyl/N-ethyl adjacent to an activating group) is 1. The molecule has 3 heteroatoms. The Bertz CT molecular complexity index is 860. The van der Waals surface area contributed by atoms with E-state index >= 15 is 0 Å². The maximum Gasteiger partial charge on any atom is 0.162 e. The number of para-hydroxylation sites is 1. The monoisotopic (exact) mass is 334 g/mol. The van der Waals surface area contributed by atoms with Crippen LogP contribution >= 0.6 is 0 Å². The van der Waals surface area contributed by atoms with Gasteiger partial charge in [-0.1, -0.05) is 62.4 Å². The van der Waals surface area contributed by atoms with Gasteiger partial charge in [-0.3, -0.25) is 4.79 Å². The molecule has 0 amide bonds. The van der Waals surface area contributed by atoms with Gasteiger partial charge in [-0.05, 0) is 31.6 Å². The number of hydrogen-bond acceptors (Lipinski definition) is 2. The second-order valence-corrected chi connectivity index (χ2v) is 6.34. The Kier molecular flexibility index (Phi) is 5.34. The third-order valence-electron chi connectivity index (χ3n) is 4.90. The summed E-state index contributed by atoms with van der Waals surface area (Å²) in [5.74, 6) is 0.122. The van der Waals surface area contributed by atoms with Gasteiger partial charge in [0, 0.05) is 24.0 Å². The number of benzene rings is 2. The first-order valence-corrected chi connectivity index (χ1v) is 9.07. The molecule has 2 aromatic carbocycles. The Labute approximate surface area is 149 Å². The highest BCUT2D eigenvalue weighted by molar-refractivity contribution is 6.12. The molecule has 1 heterocycles. The van der Waals surface area contributed by atoms with Crippen molar-refractivity contribution < 1.29 is 4.79 Å². The molecule has 3 aromatic rings. The quantitative estimate of drug-likeness (QED) is 0.577. The molecule has 0 aliphatic rings. The lowest BCUT2D eigenvalue weighted by molar-refractivity contribution is 0.101. The van der Waals surface area contributed by atoms with Gasteiger partial charge in [-0.2, -0.15) is 0 Å². The number of nitrogens with zero attached hydrogens (tertiary/aromatic N) is 2. The van der Waals surface area contributed by atoms with Crippen LogP contribution in [0.4, 0.5) is 0 Å². The van der Waals surface area contributed by atoms with Crippen molar-refractivity contribution in [2.45, 2.75) is 27.3 Å². The van der Waals surface area contributed by atoms with Crippen molar-refractivity contribution in [2.75, 3.05) is 19.6 Å². The van der Waals surface area contributed by atoms with Gasteiger partial charge >= 0.3 is 0 Å². The summed E-state index contributed by atoms with van der Waals surface area (Å²) in [5.41, 5.74) is 4.12. The summed E-state index contributed by atoms with van der Waals surface area (Å²) in [5, 5.41) is 1.05. The second kappa shape index (κ2) is 7.66. The molecule has 3 nitrogen and oxygen atoms in total. The fourth-order valence-electron chi connectivity index (χ4n) is 3.57. The van der Waals surface area contributed by atoms with Crippen LogP contribution in [0, 0.1) is 0 Å². The molecule has 0 aliphatic carbocycles. The first-order chi connectivity index (χ1) is 12.2. The van der Waals surface area contributed by atoms with Crippen molar-refractivity contribution in [3.63, 3.8) is 0 Å². The summed E-state index contributed by atoms with van der Waals surface area (Å²) in [4.78, 5) is 14.9. The average Bonchev–Trinajstić information content (AvgIpc) is 2.98. The van der Waals surface area contributed by atoms with E-state index in [1.807, 2.05) is 24.3 Å². The highest BCUT2D eigenvalue weighted by Gasteiger charge is 2.21. The number of carbonyl (C=O) groups excluding carboxylic acids is 1. The van der Waals surface area contributed by atoms with Crippen LogP contribution in [0.5, 0.6) is 0 Å². The van der Waals surface area contributed by atoms with Gasteiger partial charge < -0.3 is 9.47 Å². The van der Waals surface area contributed by atoms with E-state index in [4.69, 9.17) is 0 Å².